The molecule has 0 saturated heterocycles. The molecule has 100 valence electrons. The first-order valence-corrected chi connectivity index (χ1v) is 5.98. The molecular weight excluding hydrogens is 281 g/mol. The lowest BCUT2D eigenvalue weighted by Gasteiger charge is -2.06. The van der Waals surface area contributed by atoms with Crippen LogP contribution in [0.4, 0.5) is 18.9 Å². The number of benzene rings is 1. The van der Waals surface area contributed by atoms with Gasteiger partial charge in [0.25, 0.3) is 0 Å². The van der Waals surface area contributed by atoms with Crippen LogP contribution in [0.3, 0.4) is 0 Å². The van der Waals surface area contributed by atoms with Crippen molar-refractivity contribution >= 4 is 23.4 Å². The molecule has 0 aliphatic carbocycles. The monoisotopic (exact) mass is 288 g/mol. The SMILES string of the molecule is O=C(CSc1ncn[nH]1)Nc1ccc(F)c(F)c1F. The van der Waals surface area contributed by atoms with Crippen LogP contribution in [0.2, 0.25) is 0 Å². The smallest absolute Gasteiger partial charge is 0.234 e. The molecule has 0 aliphatic heterocycles. The summed E-state index contributed by atoms with van der Waals surface area (Å²) < 4.78 is 38.9. The maximum absolute atomic E-state index is 13.3. The van der Waals surface area contributed by atoms with Gasteiger partial charge in [-0.05, 0) is 12.1 Å². The topological polar surface area (TPSA) is 70.7 Å². The average molecular weight is 288 g/mol. The second kappa shape index (κ2) is 5.74. The molecule has 0 radical (unpaired) electrons. The van der Waals surface area contributed by atoms with E-state index in [0.717, 1.165) is 23.9 Å². The Morgan fingerprint density at radius 1 is 1.32 bits per heavy atom. The summed E-state index contributed by atoms with van der Waals surface area (Å²) in [5, 5.41) is 8.66. The zero-order valence-corrected chi connectivity index (χ0v) is 10.1. The van der Waals surface area contributed by atoms with Crippen LogP contribution in [0.15, 0.2) is 23.6 Å². The van der Waals surface area contributed by atoms with Crippen LogP contribution < -0.4 is 5.32 Å². The van der Waals surface area contributed by atoms with Crippen LogP contribution in [0.25, 0.3) is 0 Å². The normalized spacial score (nSPS) is 10.5. The van der Waals surface area contributed by atoms with E-state index < -0.39 is 29.0 Å². The highest BCUT2D eigenvalue weighted by atomic mass is 32.2. The molecule has 0 aliphatic rings. The predicted octanol–water partition coefficient (Wildman–Crippen LogP) is 1.95. The van der Waals surface area contributed by atoms with Crippen molar-refractivity contribution in [2.45, 2.75) is 5.16 Å². The van der Waals surface area contributed by atoms with E-state index in [9.17, 15) is 18.0 Å². The third-order valence-electron chi connectivity index (χ3n) is 2.04. The van der Waals surface area contributed by atoms with E-state index in [4.69, 9.17) is 0 Å². The van der Waals surface area contributed by atoms with Gasteiger partial charge in [-0.2, -0.15) is 5.10 Å². The van der Waals surface area contributed by atoms with E-state index in [1.54, 1.807) is 0 Å². The second-order valence-electron chi connectivity index (χ2n) is 3.35. The number of nitrogens with zero attached hydrogens (tertiary/aromatic N) is 2. The standard InChI is InChI=1S/C10H7F3N4OS/c11-5-1-2-6(9(13)8(5)12)16-7(18)3-19-10-14-4-15-17-10/h1-2,4H,3H2,(H,16,18)(H,14,15,17). The summed E-state index contributed by atoms with van der Waals surface area (Å²) in [6.45, 7) is 0. The van der Waals surface area contributed by atoms with Crippen LogP contribution in [0.1, 0.15) is 0 Å². The Morgan fingerprint density at radius 2 is 2.11 bits per heavy atom. The van der Waals surface area contributed by atoms with Gasteiger partial charge >= 0.3 is 0 Å². The van der Waals surface area contributed by atoms with Crippen molar-refractivity contribution in [1.82, 2.24) is 15.2 Å². The lowest BCUT2D eigenvalue weighted by atomic mass is 10.3. The van der Waals surface area contributed by atoms with Gasteiger partial charge in [0.05, 0.1) is 11.4 Å². The number of hydrogen-bond acceptors (Lipinski definition) is 4. The summed E-state index contributed by atoms with van der Waals surface area (Å²) in [7, 11) is 0. The zero-order valence-electron chi connectivity index (χ0n) is 9.28. The first-order valence-electron chi connectivity index (χ1n) is 4.99. The Morgan fingerprint density at radius 3 is 2.79 bits per heavy atom. The average Bonchev–Trinajstić information content (AvgIpc) is 2.90. The molecular formula is C10H7F3N4OS. The molecule has 0 saturated carbocycles. The number of anilines is 1. The van der Waals surface area contributed by atoms with Crippen molar-refractivity contribution in [3.63, 3.8) is 0 Å². The van der Waals surface area contributed by atoms with Gasteiger partial charge in [0, 0.05) is 0 Å². The molecule has 0 spiro atoms. The lowest BCUT2D eigenvalue weighted by Crippen LogP contribution is -2.16. The molecule has 2 aromatic rings. The predicted molar refractivity (Wildman–Crippen MR) is 62.1 cm³/mol. The first-order chi connectivity index (χ1) is 9.08. The summed E-state index contributed by atoms with van der Waals surface area (Å²) in [5.41, 5.74) is -0.415. The van der Waals surface area contributed by atoms with Crippen LogP contribution in [-0.4, -0.2) is 26.8 Å². The molecule has 1 aromatic heterocycles. The summed E-state index contributed by atoms with van der Waals surface area (Å²) in [6.07, 6.45) is 1.27. The van der Waals surface area contributed by atoms with E-state index in [0.29, 0.717) is 5.16 Å². The molecule has 0 unspecified atom stereocenters. The van der Waals surface area contributed by atoms with Crippen molar-refractivity contribution in [2.75, 3.05) is 11.1 Å². The molecule has 9 heteroatoms. The molecule has 1 heterocycles. The van der Waals surface area contributed by atoms with Gasteiger partial charge in [0.2, 0.25) is 5.91 Å². The maximum Gasteiger partial charge on any atom is 0.234 e. The maximum atomic E-state index is 13.3. The largest absolute Gasteiger partial charge is 0.323 e. The number of amides is 1. The molecule has 19 heavy (non-hydrogen) atoms. The molecule has 5 nitrogen and oxygen atoms in total. The van der Waals surface area contributed by atoms with Gasteiger partial charge in [0.1, 0.15) is 6.33 Å². The summed E-state index contributed by atoms with van der Waals surface area (Å²) >= 11 is 1.04. The molecule has 1 aromatic carbocycles. The number of aromatic nitrogens is 3. The summed E-state index contributed by atoms with van der Waals surface area (Å²) in [5.74, 6) is -5.02. The lowest BCUT2D eigenvalue weighted by molar-refractivity contribution is -0.113. The number of carbonyl (C=O) groups excluding carboxylic acids is 1. The minimum Gasteiger partial charge on any atom is -0.323 e. The molecule has 0 atom stereocenters. The van der Waals surface area contributed by atoms with Gasteiger partial charge in [-0.1, -0.05) is 11.8 Å². The molecule has 1 amide bonds. The van der Waals surface area contributed by atoms with E-state index in [2.05, 4.69) is 20.5 Å². The number of rotatable bonds is 4. The third-order valence-corrected chi connectivity index (χ3v) is 2.92. The van der Waals surface area contributed by atoms with Crippen molar-refractivity contribution in [3.05, 3.63) is 35.9 Å². The van der Waals surface area contributed by atoms with Gasteiger partial charge in [-0.25, -0.2) is 18.2 Å². The molecule has 2 N–H and O–H groups in total. The van der Waals surface area contributed by atoms with Crippen LogP contribution >= 0.6 is 11.8 Å². The van der Waals surface area contributed by atoms with Gasteiger partial charge in [-0.3, -0.25) is 9.89 Å². The number of halogens is 3. The van der Waals surface area contributed by atoms with E-state index in [-0.39, 0.29) is 5.75 Å². The Kier molecular flexibility index (Phi) is 4.05. The van der Waals surface area contributed by atoms with Crippen molar-refractivity contribution in [1.29, 1.82) is 0 Å². The van der Waals surface area contributed by atoms with Crippen LogP contribution in [0, 0.1) is 17.5 Å². The van der Waals surface area contributed by atoms with Crippen molar-refractivity contribution in [2.24, 2.45) is 0 Å². The number of carbonyl (C=O) groups is 1. The van der Waals surface area contributed by atoms with E-state index in [1.165, 1.54) is 6.33 Å². The fourth-order valence-electron chi connectivity index (χ4n) is 1.21. The Labute approximate surface area is 109 Å². The Hall–Kier alpha value is -2.03. The highest BCUT2D eigenvalue weighted by molar-refractivity contribution is 7.99. The number of nitrogens with one attached hydrogen (secondary N) is 2. The number of H-pyrrole nitrogens is 1. The number of thioether (sulfide) groups is 1. The zero-order chi connectivity index (χ0) is 13.8. The Bertz CT molecular complexity index is 591. The quantitative estimate of drug-likeness (QED) is 0.666. The fourth-order valence-corrected chi connectivity index (χ4v) is 1.79. The van der Waals surface area contributed by atoms with Crippen LogP contribution in [-0.2, 0) is 4.79 Å². The molecule has 0 bridgehead atoms. The second-order valence-corrected chi connectivity index (χ2v) is 4.31. The van der Waals surface area contributed by atoms with Gasteiger partial charge < -0.3 is 5.32 Å². The number of hydrogen-bond donors (Lipinski definition) is 2. The van der Waals surface area contributed by atoms with Crippen LogP contribution in [0.5, 0.6) is 0 Å². The molecule has 2 rings (SSSR count). The third kappa shape index (κ3) is 3.25. The first kappa shape index (κ1) is 13.4. The highest BCUT2D eigenvalue weighted by Crippen LogP contribution is 2.20. The minimum atomic E-state index is -1.62. The van der Waals surface area contributed by atoms with E-state index >= 15 is 0 Å². The van der Waals surface area contributed by atoms with Crippen molar-refractivity contribution < 1.29 is 18.0 Å². The highest BCUT2D eigenvalue weighted by Gasteiger charge is 2.15. The van der Waals surface area contributed by atoms with Crippen molar-refractivity contribution in [3.8, 4) is 0 Å². The van der Waals surface area contributed by atoms with Gasteiger partial charge in [0.15, 0.2) is 22.6 Å². The summed E-state index contributed by atoms with van der Waals surface area (Å²) in [4.78, 5) is 15.3. The number of aromatic amines is 1. The fraction of sp³-hybridized carbons (Fsp3) is 0.100. The minimum absolute atomic E-state index is 0.0758. The van der Waals surface area contributed by atoms with E-state index in [1.807, 2.05) is 0 Å². The summed E-state index contributed by atoms with van der Waals surface area (Å²) in [6, 6.07) is 1.68. The molecule has 0 fully saturated rings. The van der Waals surface area contributed by atoms with Gasteiger partial charge in [-0.15, -0.1) is 0 Å². The Balaban J connectivity index is 1.97.